The molecule has 2 heterocycles. The van der Waals surface area contributed by atoms with E-state index < -0.39 is 0 Å². The number of aromatic nitrogens is 2. The van der Waals surface area contributed by atoms with Crippen LogP contribution in [0.25, 0.3) is 11.4 Å². The van der Waals surface area contributed by atoms with Gasteiger partial charge < -0.3 is 4.90 Å². The highest BCUT2D eigenvalue weighted by Gasteiger charge is 2.30. The van der Waals surface area contributed by atoms with Crippen LogP contribution in [0.4, 0.5) is 10.2 Å². The van der Waals surface area contributed by atoms with E-state index in [9.17, 15) is 14.0 Å². The molecule has 0 bridgehead atoms. The van der Waals surface area contributed by atoms with Crippen LogP contribution >= 0.6 is 0 Å². The molecule has 1 aromatic heterocycles. The standard InChI is InChI=1S/C31H29FN4O2/c1-20(2)26-6-4-5-7-27(26)29-33-17-24-16-28(37)36(30(24)34-29)19-22-8-12-23(13-9-22)31(38)35(3)18-21-10-14-25(32)15-11-21/h4-15,17,20H,16,18-19H2,1-3H3. The maximum atomic E-state index is 13.2. The molecule has 4 aromatic rings. The minimum Gasteiger partial charge on any atom is -0.337 e. The summed E-state index contributed by atoms with van der Waals surface area (Å²) < 4.78 is 13.2. The van der Waals surface area contributed by atoms with Crippen LogP contribution in [-0.2, 0) is 24.3 Å². The zero-order chi connectivity index (χ0) is 26.8. The van der Waals surface area contributed by atoms with Crippen LogP contribution in [0.2, 0.25) is 0 Å². The van der Waals surface area contributed by atoms with Crippen molar-refractivity contribution in [2.24, 2.45) is 0 Å². The molecule has 1 aliphatic rings. The third kappa shape index (κ3) is 5.18. The van der Waals surface area contributed by atoms with Crippen LogP contribution in [0.15, 0.2) is 79.0 Å². The van der Waals surface area contributed by atoms with Crippen LogP contribution in [0.3, 0.4) is 0 Å². The van der Waals surface area contributed by atoms with Crippen molar-refractivity contribution in [3.8, 4) is 11.4 Å². The lowest BCUT2D eigenvalue weighted by Gasteiger charge is -2.19. The van der Waals surface area contributed by atoms with Crippen molar-refractivity contribution in [3.63, 3.8) is 0 Å². The first-order chi connectivity index (χ1) is 18.3. The van der Waals surface area contributed by atoms with E-state index in [2.05, 4.69) is 24.9 Å². The molecule has 0 N–H and O–H groups in total. The van der Waals surface area contributed by atoms with Crippen molar-refractivity contribution in [2.45, 2.75) is 39.3 Å². The normalized spacial score (nSPS) is 12.7. The molecule has 5 rings (SSSR count). The molecule has 1 aliphatic heterocycles. The molecule has 0 radical (unpaired) electrons. The molecule has 3 aromatic carbocycles. The number of fused-ring (bicyclic) bond motifs is 1. The Balaban J connectivity index is 1.32. The van der Waals surface area contributed by atoms with Crippen LogP contribution in [-0.4, -0.2) is 33.7 Å². The molecule has 0 spiro atoms. The highest BCUT2D eigenvalue weighted by atomic mass is 19.1. The quantitative estimate of drug-likeness (QED) is 0.318. The maximum absolute atomic E-state index is 13.2. The lowest BCUT2D eigenvalue weighted by Crippen LogP contribution is -2.27. The second-order valence-corrected chi connectivity index (χ2v) is 9.93. The Morgan fingerprint density at radius 3 is 2.39 bits per heavy atom. The summed E-state index contributed by atoms with van der Waals surface area (Å²) in [7, 11) is 1.72. The molecule has 7 heteroatoms. The van der Waals surface area contributed by atoms with Gasteiger partial charge in [0.05, 0.1) is 13.0 Å². The van der Waals surface area contributed by atoms with Gasteiger partial charge in [0.25, 0.3) is 5.91 Å². The third-order valence-corrected chi connectivity index (χ3v) is 6.79. The summed E-state index contributed by atoms with van der Waals surface area (Å²) >= 11 is 0. The highest BCUT2D eigenvalue weighted by molar-refractivity contribution is 6.00. The molecule has 0 saturated heterocycles. The number of carbonyl (C=O) groups excluding carboxylic acids is 2. The first kappa shape index (κ1) is 25.3. The third-order valence-electron chi connectivity index (χ3n) is 6.79. The molecule has 0 saturated carbocycles. The van der Waals surface area contributed by atoms with Gasteiger partial charge >= 0.3 is 0 Å². The molecular formula is C31H29FN4O2. The lowest BCUT2D eigenvalue weighted by atomic mass is 9.97. The van der Waals surface area contributed by atoms with E-state index in [4.69, 9.17) is 4.98 Å². The van der Waals surface area contributed by atoms with Gasteiger partial charge in [-0.2, -0.15) is 0 Å². The molecule has 38 heavy (non-hydrogen) atoms. The molecule has 6 nitrogen and oxygen atoms in total. The minimum absolute atomic E-state index is 0.0252. The van der Waals surface area contributed by atoms with Crippen molar-refractivity contribution in [1.82, 2.24) is 14.9 Å². The van der Waals surface area contributed by atoms with Crippen LogP contribution in [0, 0.1) is 5.82 Å². The van der Waals surface area contributed by atoms with Crippen LogP contribution < -0.4 is 4.90 Å². The van der Waals surface area contributed by atoms with Crippen molar-refractivity contribution in [1.29, 1.82) is 0 Å². The van der Waals surface area contributed by atoms with E-state index in [-0.39, 0.29) is 24.1 Å². The average molecular weight is 509 g/mol. The van der Waals surface area contributed by atoms with Gasteiger partial charge in [-0.1, -0.05) is 62.4 Å². The summed E-state index contributed by atoms with van der Waals surface area (Å²) in [6.45, 7) is 5.00. The fraction of sp³-hybridized carbons (Fsp3) is 0.226. The van der Waals surface area contributed by atoms with Gasteiger partial charge in [0.2, 0.25) is 5.91 Å². The molecule has 0 atom stereocenters. The number of nitrogens with zero attached hydrogens (tertiary/aromatic N) is 4. The molecule has 192 valence electrons. The van der Waals surface area contributed by atoms with E-state index in [1.165, 1.54) is 12.1 Å². The second-order valence-electron chi connectivity index (χ2n) is 9.93. The topological polar surface area (TPSA) is 66.4 Å². The summed E-state index contributed by atoms with van der Waals surface area (Å²) in [5, 5.41) is 0. The van der Waals surface area contributed by atoms with Gasteiger partial charge in [-0.15, -0.1) is 0 Å². The van der Waals surface area contributed by atoms with Gasteiger partial charge in [0.1, 0.15) is 11.6 Å². The van der Waals surface area contributed by atoms with Gasteiger partial charge in [-0.05, 0) is 46.9 Å². The Hall–Kier alpha value is -4.39. The van der Waals surface area contributed by atoms with Crippen molar-refractivity contribution >= 4 is 17.6 Å². The summed E-state index contributed by atoms with van der Waals surface area (Å²) in [6, 6.07) is 21.5. The number of anilines is 1. The van der Waals surface area contributed by atoms with Gasteiger partial charge in [-0.3, -0.25) is 14.5 Å². The van der Waals surface area contributed by atoms with E-state index in [1.807, 2.05) is 30.3 Å². The largest absolute Gasteiger partial charge is 0.337 e. The Bertz CT molecular complexity index is 1480. The van der Waals surface area contributed by atoms with Gasteiger partial charge in [0, 0.05) is 36.5 Å². The molecule has 0 unspecified atom stereocenters. The fourth-order valence-corrected chi connectivity index (χ4v) is 4.72. The molecule has 2 amide bonds. The zero-order valence-corrected chi connectivity index (χ0v) is 21.7. The number of rotatable bonds is 7. The average Bonchev–Trinajstić information content (AvgIpc) is 3.23. The van der Waals surface area contributed by atoms with Crippen molar-refractivity contribution in [3.05, 3.63) is 113 Å². The predicted octanol–water partition coefficient (Wildman–Crippen LogP) is 5.77. The van der Waals surface area contributed by atoms with Gasteiger partial charge in [0.15, 0.2) is 5.82 Å². The first-order valence-electron chi connectivity index (χ1n) is 12.6. The van der Waals surface area contributed by atoms with E-state index in [1.54, 1.807) is 47.3 Å². The summed E-state index contributed by atoms with van der Waals surface area (Å²) in [4.78, 5) is 38.5. The first-order valence-corrected chi connectivity index (χ1v) is 12.6. The maximum Gasteiger partial charge on any atom is 0.253 e. The number of halogens is 1. The lowest BCUT2D eigenvalue weighted by molar-refractivity contribution is -0.117. The highest BCUT2D eigenvalue weighted by Crippen LogP contribution is 2.32. The summed E-state index contributed by atoms with van der Waals surface area (Å²) in [5.41, 5.74) is 5.23. The number of amides is 2. The summed E-state index contributed by atoms with van der Waals surface area (Å²) in [5.74, 6) is 1.10. The van der Waals surface area contributed by atoms with E-state index in [0.29, 0.717) is 36.2 Å². The predicted molar refractivity (Wildman–Crippen MR) is 145 cm³/mol. The Labute approximate surface area is 221 Å². The molecule has 0 fully saturated rings. The second kappa shape index (κ2) is 10.5. The number of benzene rings is 3. The SMILES string of the molecule is CC(C)c1ccccc1-c1ncc2c(n1)N(Cc1ccc(C(=O)N(C)Cc3ccc(F)cc3)cc1)C(=O)C2. The number of hydrogen-bond acceptors (Lipinski definition) is 4. The minimum atomic E-state index is -0.305. The monoisotopic (exact) mass is 508 g/mol. The van der Waals surface area contributed by atoms with E-state index in [0.717, 1.165) is 27.8 Å². The molecular weight excluding hydrogens is 479 g/mol. The fourth-order valence-electron chi connectivity index (χ4n) is 4.72. The van der Waals surface area contributed by atoms with Gasteiger partial charge in [-0.25, -0.2) is 14.4 Å². The number of hydrogen-bond donors (Lipinski definition) is 0. The summed E-state index contributed by atoms with van der Waals surface area (Å²) in [6.07, 6.45) is 2.03. The van der Waals surface area contributed by atoms with E-state index >= 15 is 0 Å². The van der Waals surface area contributed by atoms with Crippen LogP contribution in [0.5, 0.6) is 0 Å². The smallest absolute Gasteiger partial charge is 0.253 e. The number of carbonyl (C=O) groups is 2. The molecule has 0 aliphatic carbocycles. The Kier molecular flexibility index (Phi) is 7.01. The van der Waals surface area contributed by atoms with Crippen molar-refractivity contribution < 1.29 is 14.0 Å². The van der Waals surface area contributed by atoms with Crippen molar-refractivity contribution in [2.75, 3.05) is 11.9 Å². The van der Waals surface area contributed by atoms with Crippen LogP contribution in [0.1, 0.15) is 52.4 Å². The zero-order valence-electron chi connectivity index (χ0n) is 21.7. The Morgan fingerprint density at radius 1 is 1.00 bits per heavy atom. The Morgan fingerprint density at radius 2 is 1.68 bits per heavy atom.